The monoisotopic (exact) mass is 366 g/mol. The van der Waals surface area contributed by atoms with Gasteiger partial charge in [0, 0.05) is 18.6 Å². The maximum atomic E-state index is 13.4. The Labute approximate surface area is 150 Å². The van der Waals surface area contributed by atoms with E-state index < -0.39 is 13.0 Å². The number of aliphatic hydroxyl groups excluding tert-OH is 1. The van der Waals surface area contributed by atoms with Crippen LogP contribution in [0.15, 0.2) is 30.1 Å². The molecule has 0 aromatic heterocycles. The first-order chi connectivity index (χ1) is 11.8. The van der Waals surface area contributed by atoms with Crippen LogP contribution in [0.5, 0.6) is 0 Å². The van der Waals surface area contributed by atoms with Crippen LogP contribution in [0.3, 0.4) is 0 Å². The van der Waals surface area contributed by atoms with Crippen LogP contribution in [0.1, 0.15) is 38.8 Å². The number of β-amino-alcohol motifs (C(OH)–C–C–N with tert-alkyl or cyclic N) is 1. The van der Waals surface area contributed by atoms with E-state index in [0.717, 1.165) is 22.5 Å². The van der Waals surface area contributed by atoms with E-state index in [1.165, 1.54) is 0 Å². The molecule has 1 atom stereocenters. The highest BCUT2D eigenvalue weighted by atomic mass is 31.2. The van der Waals surface area contributed by atoms with Gasteiger partial charge in [-0.15, -0.1) is 0 Å². The molecule has 6 heteroatoms. The second-order valence-corrected chi connectivity index (χ2v) is 8.44. The molecule has 25 heavy (non-hydrogen) atoms. The molecule has 1 aromatic rings. The Morgan fingerprint density at radius 3 is 2.40 bits per heavy atom. The summed E-state index contributed by atoms with van der Waals surface area (Å²) in [6.07, 6.45) is 0. The standard InChI is InChI=1S/C19H29NO4P/c1-7-23-25(22,24-8-2)16(5)19(6)15(4)20(11-12-21)18-10-9-14(3)13-17(18)19/h9-10,13,21H,5,7-8,11-12H2,1-4,6H3/q+1. The molecule has 1 aliphatic heterocycles. The smallest absolute Gasteiger partial charge is 0.358 e. The Bertz CT molecular complexity index is 746. The van der Waals surface area contributed by atoms with Gasteiger partial charge in [0.05, 0.1) is 18.5 Å². The van der Waals surface area contributed by atoms with Crippen molar-refractivity contribution in [3.63, 3.8) is 0 Å². The molecule has 5 nitrogen and oxygen atoms in total. The largest absolute Gasteiger partial charge is 0.390 e. The van der Waals surface area contributed by atoms with Crippen molar-refractivity contribution >= 4 is 19.0 Å². The third-order valence-corrected chi connectivity index (χ3v) is 7.24. The van der Waals surface area contributed by atoms with Crippen LogP contribution in [-0.2, 0) is 19.0 Å². The number of nitrogens with zero attached hydrogens (tertiary/aromatic N) is 1. The summed E-state index contributed by atoms with van der Waals surface area (Å²) in [5.41, 5.74) is 3.41. The van der Waals surface area contributed by atoms with E-state index in [1.54, 1.807) is 13.8 Å². The van der Waals surface area contributed by atoms with Crippen molar-refractivity contribution in [2.45, 2.75) is 40.0 Å². The molecule has 138 valence electrons. The third kappa shape index (κ3) is 3.26. The summed E-state index contributed by atoms with van der Waals surface area (Å²) >= 11 is 0. The van der Waals surface area contributed by atoms with E-state index in [4.69, 9.17) is 9.05 Å². The zero-order chi connectivity index (χ0) is 18.8. The number of allylic oxidation sites excluding steroid dienone is 1. The molecule has 0 saturated heterocycles. The third-order valence-electron chi connectivity index (χ3n) is 4.94. The van der Waals surface area contributed by atoms with Crippen LogP contribution in [0.25, 0.3) is 0 Å². The molecule has 1 aliphatic rings. The fraction of sp³-hybridized carbons (Fsp3) is 0.526. The molecule has 1 aromatic carbocycles. The molecular formula is C19H29NO4P+. The maximum Gasteiger partial charge on any atom is 0.358 e. The Morgan fingerprint density at radius 1 is 1.28 bits per heavy atom. The molecule has 1 unspecified atom stereocenters. The summed E-state index contributed by atoms with van der Waals surface area (Å²) in [7, 11) is -3.48. The van der Waals surface area contributed by atoms with Crippen LogP contribution in [0.4, 0.5) is 5.69 Å². The average molecular weight is 366 g/mol. The zero-order valence-electron chi connectivity index (χ0n) is 15.8. The summed E-state index contributed by atoms with van der Waals surface area (Å²) in [5.74, 6) is 0. The zero-order valence-corrected chi connectivity index (χ0v) is 16.7. The Hall–Kier alpha value is -1.26. The molecule has 0 saturated carbocycles. The number of rotatable bonds is 8. The van der Waals surface area contributed by atoms with Crippen LogP contribution in [0.2, 0.25) is 0 Å². The van der Waals surface area contributed by atoms with Gasteiger partial charge in [-0.3, -0.25) is 4.57 Å². The first kappa shape index (κ1) is 20.1. The summed E-state index contributed by atoms with van der Waals surface area (Å²) in [4.78, 5) is 0. The van der Waals surface area contributed by atoms with E-state index in [0.29, 0.717) is 11.9 Å². The van der Waals surface area contributed by atoms with Crippen molar-refractivity contribution in [2.75, 3.05) is 26.4 Å². The van der Waals surface area contributed by atoms with Crippen molar-refractivity contribution in [3.8, 4) is 0 Å². The van der Waals surface area contributed by atoms with Crippen LogP contribution < -0.4 is 0 Å². The van der Waals surface area contributed by atoms with Crippen LogP contribution in [-0.4, -0.2) is 41.8 Å². The minimum Gasteiger partial charge on any atom is -0.390 e. The fourth-order valence-electron chi connectivity index (χ4n) is 3.49. The normalized spacial score (nSPS) is 20.1. The second kappa shape index (κ2) is 7.55. The van der Waals surface area contributed by atoms with E-state index in [1.807, 2.05) is 32.9 Å². The lowest BCUT2D eigenvalue weighted by molar-refractivity contribution is -0.442. The number of benzene rings is 1. The molecule has 2 rings (SSSR count). The predicted molar refractivity (Wildman–Crippen MR) is 101 cm³/mol. The Kier molecular flexibility index (Phi) is 6.05. The minimum atomic E-state index is -3.48. The van der Waals surface area contributed by atoms with Crippen molar-refractivity contribution in [2.24, 2.45) is 0 Å². The van der Waals surface area contributed by atoms with Gasteiger partial charge >= 0.3 is 7.60 Å². The topological polar surface area (TPSA) is 58.8 Å². The summed E-state index contributed by atoms with van der Waals surface area (Å²) in [5, 5.41) is 9.92. The lowest BCUT2D eigenvalue weighted by atomic mass is 9.79. The first-order valence-corrected chi connectivity index (χ1v) is 10.2. The van der Waals surface area contributed by atoms with Crippen LogP contribution in [0, 0.1) is 6.92 Å². The fourth-order valence-corrected chi connectivity index (χ4v) is 5.39. The summed E-state index contributed by atoms with van der Waals surface area (Å²) < 4.78 is 26.5. The molecule has 0 amide bonds. The number of hydrogen-bond donors (Lipinski definition) is 1. The molecule has 0 spiro atoms. The van der Waals surface area contributed by atoms with Crippen molar-refractivity contribution in [1.82, 2.24) is 0 Å². The predicted octanol–water partition coefficient (Wildman–Crippen LogP) is 4.14. The lowest BCUT2D eigenvalue weighted by Gasteiger charge is -2.30. The highest BCUT2D eigenvalue weighted by molar-refractivity contribution is 7.58. The van der Waals surface area contributed by atoms with Gasteiger partial charge in [-0.05, 0) is 33.8 Å². The SMILES string of the molecule is C=C(C1(C)C(C)=[N+](CCO)c2ccc(C)cc21)P(=O)(OCC)OCC. The average Bonchev–Trinajstić information content (AvgIpc) is 2.77. The second-order valence-electron chi connectivity index (χ2n) is 6.39. The molecule has 0 radical (unpaired) electrons. The van der Waals surface area contributed by atoms with Gasteiger partial charge in [0.1, 0.15) is 12.0 Å². The number of aliphatic hydroxyl groups is 1. The first-order valence-electron chi connectivity index (χ1n) is 8.68. The molecule has 0 bridgehead atoms. The highest BCUT2D eigenvalue weighted by Gasteiger charge is 2.54. The van der Waals surface area contributed by atoms with E-state index in [9.17, 15) is 9.67 Å². The summed E-state index contributed by atoms with van der Waals surface area (Å²) in [6, 6.07) is 6.16. The Morgan fingerprint density at radius 2 is 1.88 bits per heavy atom. The van der Waals surface area contributed by atoms with Gasteiger partial charge in [-0.25, -0.2) is 0 Å². The lowest BCUT2D eigenvalue weighted by Crippen LogP contribution is -2.33. The number of fused-ring (bicyclic) bond motifs is 1. The van der Waals surface area contributed by atoms with E-state index in [2.05, 4.69) is 17.2 Å². The molecule has 0 fully saturated rings. The quantitative estimate of drug-likeness (QED) is 0.555. The molecular weight excluding hydrogens is 337 g/mol. The number of hydrogen-bond acceptors (Lipinski definition) is 4. The van der Waals surface area contributed by atoms with E-state index in [-0.39, 0.29) is 19.8 Å². The molecule has 1 N–H and O–H groups in total. The van der Waals surface area contributed by atoms with Crippen molar-refractivity contribution in [3.05, 3.63) is 41.2 Å². The van der Waals surface area contributed by atoms with Gasteiger partial charge in [0.2, 0.25) is 5.69 Å². The van der Waals surface area contributed by atoms with Crippen molar-refractivity contribution < 1.29 is 23.3 Å². The van der Waals surface area contributed by atoms with Gasteiger partial charge in [0.25, 0.3) is 0 Å². The van der Waals surface area contributed by atoms with Crippen LogP contribution >= 0.6 is 7.60 Å². The minimum absolute atomic E-state index is 0.0296. The summed E-state index contributed by atoms with van der Waals surface area (Å²) in [6.45, 7) is 14.8. The molecule has 1 heterocycles. The highest BCUT2D eigenvalue weighted by Crippen LogP contribution is 2.63. The van der Waals surface area contributed by atoms with Gasteiger partial charge in [-0.2, -0.15) is 4.58 Å². The maximum absolute atomic E-state index is 13.4. The van der Waals surface area contributed by atoms with Gasteiger partial charge in [-0.1, -0.05) is 18.2 Å². The van der Waals surface area contributed by atoms with Gasteiger partial charge in [0.15, 0.2) is 12.3 Å². The Balaban J connectivity index is 2.67. The molecule has 0 aliphatic carbocycles. The van der Waals surface area contributed by atoms with E-state index >= 15 is 0 Å². The number of aryl methyl sites for hydroxylation is 1. The van der Waals surface area contributed by atoms with Gasteiger partial charge < -0.3 is 14.2 Å². The van der Waals surface area contributed by atoms with Crippen molar-refractivity contribution in [1.29, 1.82) is 0 Å².